The summed E-state index contributed by atoms with van der Waals surface area (Å²) < 4.78 is 53.7. The van der Waals surface area contributed by atoms with E-state index >= 15 is 0 Å². The van der Waals surface area contributed by atoms with Gasteiger partial charge in [0.25, 0.3) is 4.58 Å². The first-order chi connectivity index (χ1) is 8.32. The Morgan fingerprint density at radius 1 is 1.06 bits per heavy atom. The molecule has 2 aromatic carbocycles. The Hall–Kier alpha value is -1.30. The van der Waals surface area contributed by atoms with Crippen molar-refractivity contribution in [3.05, 3.63) is 35.9 Å². The van der Waals surface area contributed by atoms with E-state index in [1.54, 1.807) is 24.3 Å². The highest BCUT2D eigenvalue weighted by molar-refractivity contribution is 9.09. The molecule has 0 spiro atoms. The number of hydrogen-bond donors (Lipinski definition) is 0. The summed E-state index contributed by atoms with van der Waals surface area (Å²) in [5.74, 6) is 0.250. The van der Waals surface area contributed by atoms with Crippen molar-refractivity contribution in [3.8, 4) is 11.5 Å². The van der Waals surface area contributed by atoms with Crippen LogP contribution in [0.25, 0.3) is 10.8 Å². The molecule has 0 fully saturated rings. The summed E-state index contributed by atoms with van der Waals surface area (Å²) >= 11 is 2.14. The summed E-state index contributed by atoms with van der Waals surface area (Å²) in [7, 11) is 0. The Labute approximate surface area is 107 Å². The molecular formula is C12H5BrF4O. The second kappa shape index (κ2) is 3.38. The van der Waals surface area contributed by atoms with E-state index in [2.05, 4.69) is 15.9 Å². The van der Waals surface area contributed by atoms with Gasteiger partial charge < -0.3 is 4.74 Å². The second-order valence-electron chi connectivity index (χ2n) is 3.97. The Balaban J connectivity index is 2.34. The van der Waals surface area contributed by atoms with Crippen LogP contribution in [0.2, 0.25) is 0 Å². The van der Waals surface area contributed by atoms with Gasteiger partial charge in [0.05, 0.1) is 5.56 Å². The van der Waals surface area contributed by atoms with E-state index in [9.17, 15) is 17.6 Å². The number of benzene rings is 2. The van der Waals surface area contributed by atoms with Crippen LogP contribution in [0.15, 0.2) is 30.3 Å². The van der Waals surface area contributed by atoms with Crippen LogP contribution in [0.1, 0.15) is 5.56 Å². The Kier molecular flexibility index (Phi) is 2.21. The lowest BCUT2D eigenvalue weighted by Crippen LogP contribution is -2.31. The number of rotatable bonds is 1. The average molecular weight is 321 g/mol. The van der Waals surface area contributed by atoms with Crippen LogP contribution in [0, 0.1) is 0 Å². The first-order valence-corrected chi connectivity index (χ1v) is 5.80. The fourth-order valence-corrected chi connectivity index (χ4v) is 2.31. The fourth-order valence-electron chi connectivity index (χ4n) is 1.92. The molecule has 1 heterocycles. The van der Waals surface area contributed by atoms with Gasteiger partial charge in [0.1, 0.15) is 0 Å². The van der Waals surface area contributed by atoms with E-state index in [-0.39, 0.29) is 16.9 Å². The lowest BCUT2D eigenvalue weighted by atomic mass is 10.0. The summed E-state index contributed by atoms with van der Waals surface area (Å²) in [6, 6.07) is 7.87. The molecule has 0 N–H and O–H groups in total. The molecule has 0 radical (unpaired) electrons. The first-order valence-electron chi connectivity index (χ1n) is 5.01. The SMILES string of the molecule is FC(F)(F)C(F)(Br)c1c2c(cc3ccccc13)O2. The lowest BCUT2D eigenvalue weighted by molar-refractivity contribution is -0.195. The number of hydrogen-bond acceptors (Lipinski definition) is 1. The Bertz CT molecular complexity index is 648. The summed E-state index contributed by atoms with van der Waals surface area (Å²) in [4.78, 5) is 0. The molecule has 0 saturated carbocycles. The van der Waals surface area contributed by atoms with E-state index < -0.39 is 16.3 Å². The van der Waals surface area contributed by atoms with Crippen molar-refractivity contribution in [1.29, 1.82) is 0 Å². The van der Waals surface area contributed by atoms with Gasteiger partial charge in [-0.15, -0.1) is 0 Å². The van der Waals surface area contributed by atoms with Crippen molar-refractivity contribution in [3.63, 3.8) is 0 Å². The van der Waals surface area contributed by atoms with Gasteiger partial charge in [-0.3, -0.25) is 0 Å². The fraction of sp³-hybridized carbons (Fsp3) is 0.167. The van der Waals surface area contributed by atoms with E-state index in [0.29, 0.717) is 5.39 Å². The summed E-state index contributed by atoms with van der Waals surface area (Å²) in [6.45, 7) is 0. The van der Waals surface area contributed by atoms with E-state index in [0.717, 1.165) is 0 Å². The maximum absolute atomic E-state index is 14.1. The van der Waals surface area contributed by atoms with Crippen molar-refractivity contribution in [1.82, 2.24) is 0 Å². The van der Waals surface area contributed by atoms with Gasteiger partial charge in [0.15, 0.2) is 11.5 Å². The van der Waals surface area contributed by atoms with Gasteiger partial charge >= 0.3 is 6.18 Å². The van der Waals surface area contributed by atoms with Crippen LogP contribution in [0.3, 0.4) is 0 Å². The normalized spacial score (nSPS) is 16.9. The van der Waals surface area contributed by atoms with Gasteiger partial charge in [0, 0.05) is 0 Å². The van der Waals surface area contributed by atoms with E-state index in [1.807, 2.05) is 0 Å². The molecule has 18 heavy (non-hydrogen) atoms. The molecule has 1 aliphatic rings. The molecule has 0 bridgehead atoms. The highest BCUT2D eigenvalue weighted by Gasteiger charge is 2.59. The average Bonchev–Trinajstić information content (AvgIpc) is 3.01. The molecule has 1 unspecified atom stereocenters. The Morgan fingerprint density at radius 2 is 1.72 bits per heavy atom. The van der Waals surface area contributed by atoms with Gasteiger partial charge in [-0.25, -0.2) is 4.39 Å². The summed E-state index contributed by atoms with van der Waals surface area (Å²) in [5, 5.41) is 0.694. The van der Waals surface area contributed by atoms with E-state index in [4.69, 9.17) is 4.74 Å². The van der Waals surface area contributed by atoms with Crippen LogP contribution >= 0.6 is 15.9 Å². The maximum Gasteiger partial charge on any atom is 0.437 e. The van der Waals surface area contributed by atoms with Crippen molar-refractivity contribution >= 4 is 26.7 Å². The predicted molar refractivity (Wildman–Crippen MR) is 61.8 cm³/mol. The molecular weight excluding hydrogens is 316 g/mol. The lowest BCUT2D eigenvalue weighted by Gasteiger charge is -2.22. The molecule has 1 aliphatic heterocycles. The molecule has 3 rings (SSSR count). The van der Waals surface area contributed by atoms with Gasteiger partial charge in [0.2, 0.25) is 0 Å². The number of fused-ring (bicyclic) bond motifs is 2. The van der Waals surface area contributed by atoms with Gasteiger partial charge in [-0.2, -0.15) is 13.2 Å². The number of alkyl halides is 5. The van der Waals surface area contributed by atoms with Crippen LogP contribution in [0.4, 0.5) is 17.6 Å². The Morgan fingerprint density at radius 3 is 2.39 bits per heavy atom. The minimum absolute atomic E-state index is 0.0367. The topological polar surface area (TPSA) is 12.5 Å². The van der Waals surface area contributed by atoms with Gasteiger partial charge in [-0.05, 0) is 32.8 Å². The minimum atomic E-state index is -5.06. The standard InChI is InChI=1S/C12H5BrF4O/c13-11(14,12(15,16)17)9-7-4-2-1-3-6(7)5-8-10(9)18-8/h1-5H. The molecule has 94 valence electrons. The monoisotopic (exact) mass is 320 g/mol. The van der Waals surface area contributed by atoms with Crippen LogP contribution in [-0.2, 0) is 4.58 Å². The highest BCUT2D eigenvalue weighted by atomic mass is 79.9. The minimum Gasteiger partial charge on any atom is -0.449 e. The maximum atomic E-state index is 14.1. The van der Waals surface area contributed by atoms with E-state index in [1.165, 1.54) is 6.07 Å². The van der Waals surface area contributed by atoms with Crippen LogP contribution < -0.4 is 4.74 Å². The van der Waals surface area contributed by atoms with Crippen molar-refractivity contribution in [2.24, 2.45) is 0 Å². The molecule has 0 aliphatic carbocycles. The zero-order chi connectivity index (χ0) is 13.1. The molecule has 0 saturated heterocycles. The molecule has 6 heteroatoms. The summed E-state index contributed by atoms with van der Waals surface area (Å²) in [5.41, 5.74) is -0.511. The largest absolute Gasteiger partial charge is 0.449 e. The molecule has 0 amide bonds. The van der Waals surface area contributed by atoms with Crippen LogP contribution in [-0.4, -0.2) is 6.18 Å². The smallest absolute Gasteiger partial charge is 0.437 e. The zero-order valence-electron chi connectivity index (χ0n) is 8.68. The second-order valence-corrected chi connectivity index (χ2v) is 5.07. The third-order valence-electron chi connectivity index (χ3n) is 2.81. The first kappa shape index (κ1) is 11.8. The summed E-state index contributed by atoms with van der Waals surface area (Å²) in [6.07, 6.45) is -5.06. The zero-order valence-corrected chi connectivity index (χ0v) is 10.3. The van der Waals surface area contributed by atoms with Crippen molar-refractivity contribution in [2.45, 2.75) is 10.8 Å². The van der Waals surface area contributed by atoms with Crippen LogP contribution in [0.5, 0.6) is 11.5 Å². The quantitative estimate of drug-likeness (QED) is 0.348. The third kappa shape index (κ3) is 1.51. The molecule has 0 aromatic heterocycles. The number of ether oxygens (including phenoxy) is 1. The third-order valence-corrected chi connectivity index (χ3v) is 3.65. The van der Waals surface area contributed by atoms with Crippen molar-refractivity contribution < 1.29 is 22.3 Å². The van der Waals surface area contributed by atoms with Gasteiger partial charge in [-0.1, -0.05) is 24.3 Å². The number of halogens is 5. The highest BCUT2D eigenvalue weighted by Crippen LogP contribution is 2.60. The van der Waals surface area contributed by atoms with Crippen molar-refractivity contribution in [2.75, 3.05) is 0 Å². The predicted octanol–water partition coefficient (Wildman–Crippen LogP) is 5.03. The molecule has 1 atom stereocenters. The molecule has 1 nitrogen and oxygen atoms in total. The molecule has 2 aromatic rings.